The van der Waals surface area contributed by atoms with Crippen molar-refractivity contribution in [1.82, 2.24) is 0 Å². The van der Waals surface area contributed by atoms with Crippen LogP contribution in [0, 0.1) is 5.92 Å². The summed E-state index contributed by atoms with van der Waals surface area (Å²) >= 11 is 1.82. The van der Waals surface area contributed by atoms with Crippen LogP contribution in [0.25, 0.3) is 0 Å². The van der Waals surface area contributed by atoms with Crippen LogP contribution >= 0.6 is 11.8 Å². The van der Waals surface area contributed by atoms with Gasteiger partial charge in [-0.15, -0.1) is 0 Å². The Morgan fingerprint density at radius 3 is 2.89 bits per heavy atom. The van der Waals surface area contributed by atoms with Gasteiger partial charge < -0.3 is 14.4 Å². The van der Waals surface area contributed by atoms with Crippen LogP contribution in [0.3, 0.4) is 0 Å². The first-order valence-corrected chi connectivity index (χ1v) is 9.96. The first kappa shape index (κ1) is 16.8. The molecule has 0 N–H and O–H groups in total. The van der Waals surface area contributed by atoms with E-state index in [0.717, 1.165) is 11.3 Å². The van der Waals surface area contributed by atoms with Gasteiger partial charge in [0.05, 0.1) is 30.0 Å². The Hall–Kier alpha value is -2.40. The zero-order valence-corrected chi connectivity index (χ0v) is 16.4. The molecule has 2 aromatic carbocycles. The molecule has 2 aromatic rings. The van der Waals surface area contributed by atoms with E-state index in [1.165, 1.54) is 22.7 Å². The number of hydrogen-bond acceptors (Lipinski definition) is 5. The van der Waals surface area contributed by atoms with Crippen LogP contribution in [-0.4, -0.2) is 25.2 Å². The average Bonchev–Trinajstić information content (AvgIpc) is 3.06. The molecule has 0 amide bonds. The molecule has 5 heteroatoms. The van der Waals surface area contributed by atoms with Gasteiger partial charge in [-0.1, -0.05) is 23.9 Å². The molecule has 3 aliphatic rings. The van der Waals surface area contributed by atoms with E-state index >= 15 is 0 Å². The third kappa shape index (κ3) is 2.34. The van der Waals surface area contributed by atoms with Crippen LogP contribution in [0.4, 0.5) is 5.69 Å². The molecule has 0 saturated carbocycles. The highest BCUT2D eigenvalue weighted by molar-refractivity contribution is 8.03. The van der Waals surface area contributed by atoms with E-state index in [-0.39, 0.29) is 23.3 Å². The van der Waals surface area contributed by atoms with Gasteiger partial charge in [-0.25, -0.2) is 4.79 Å². The maximum atomic E-state index is 12.0. The van der Waals surface area contributed by atoms with E-state index in [1.54, 1.807) is 6.07 Å². The van der Waals surface area contributed by atoms with Crippen molar-refractivity contribution in [3.05, 3.63) is 64.7 Å². The minimum absolute atomic E-state index is 0.104. The summed E-state index contributed by atoms with van der Waals surface area (Å²) in [6.07, 6.45) is 2.35. The summed E-state index contributed by atoms with van der Waals surface area (Å²) in [5.74, 6) is 1.05. The number of para-hydroxylation sites is 1. The number of anilines is 1. The van der Waals surface area contributed by atoms with E-state index in [4.69, 9.17) is 9.47 Å². The number of methoxy groups -OCH3 is 1. The quantitative estimate of drug-likeness (QED) is 0.665. The van der Waals surface area contributed by atoms with Crippen LogP contribution < -0.4 is 9.64 Å². The lowest BCUT2D eigenvalue weighted by molar-refractivity contribution is 0.0600. The smallest absolute Gasteiger partial charge is 0.337 e. The van der Waals surface area contributed by atoms with E-state index in [9.17, 15) is 4.79 Å². The summed E-state index contributed by atoms with van der Waals surface area (Å²) in [4.78, 5) is 15.8. The summed E-state index contributed by atoms with van der Waals surface area (Å²) in [5.41, 5.74) is 2.81. The Labute approximate surface area is 163 Å². The highest BCUT2D eigenvalue weighted by Crippen LogP contribution is 2.58. The van der Waals surface area contributed by atoms with Crippen LogP contribution in [0.2, 0.25) is 0 Å². The molecule has 0 fully saturated rings. The number of allylic oxidation sites excluding steroid dienone is 1. The summed E-state index contributed by atoms with van der Waals surface area (Å²) in [5, 5.41) is 1.26. The third-order valence-electron chi connectivity index (χ3n) is 5.99. The van der Waals surface area contributed by atoms with Gasteiger partial charge in [0.2, 0.25) is 0 Å². The number of benzene rings is 2. The number of esters is 1. The van der Waals surface area contributed by atoms with Crippen LogP contribution in [-0.2, 0) is 4.74 Å². The molecule has 27 heavy (non-hydrogen) atoms. The second-order valence-corrected chi connectivity index (χ2v) is 8.81. The lowest BCUT2D eigenvalue weighted by Crippen LogP contribution is -2.55. The summed E-state index contributed by atoms with van der Waals surface area (Å²) in [7, 11) is 1.41. The number of fused-ring (bicyclic) bond motifs is 6. The minimum atomic E-state index is -0.313. The zero-order chi connectivity index (χ0) is 18.8. The van der Waals surface area contributed by atoms with Crippen molar-refractivity contribution in [3.8, 4) is 5.75 Å². The predicted molar refractivity (Wildman–Crippen MR) is 106 cm³/mol. The lowest BCUT2D eigenvalue weighted by Gasteiger charge is -2.51. The fourth-order valence-electron chi connectivity index (χ4n) is 4.56. The molecular formula is C22H21NO3S. The van der Waals surface area contributed by atoms with Gasteiger partial charge in [0.15, 0.2) is 0 Å². The molecule has 3 heterocycles. The van der Waals surface area contributed by atoms with E-state index in [1.807, 2.05) is 23.9 Å². The number of thioether (sulfide) groups is 1. The number of carbonyl (C=O) groups is 1. The SMILES string of the molecule is COC(=O)c1ccc2c(c1)[C@@H]1C=C3Sc4ccccc4N3C(C)(C)[C@H]1CO2. The Morgan fingerprint density at radius 2 is 2.07 bits per heavy atom. The number of nitrogens with zero attached hydrogens (tertiary/aromatic N) is 1. The normalized spacial score (nSPS) is 24.0. The van der Waals surface area contributed by atoms with Crippen LogP contribution in [0.1, 0.15) is 35.7 Å². The topological polar surface area (TPSA) is 38.8 Å². The van der Waals surface area contributed by atoms with Crippen LogP contribution in [0.15, 0.2) is 58.5 Å². The summed E-state index contributed by atoms with van der Waals surface area (Å²) in [6.45, 7) is 5.24. The van der Waals surface area contributed by atoms with Crippen molar-refractivity contribution in [1.29, 1.82) is 0 Å². The monoisotopic (exact) mass is 379 g/mol. The molecule has 0 unspecified atom stereocenters. The van der Waals surface area contributed by atoms with Gasteiger partial charge in [0.25, 0.3) is 0 Å². The number of carbonyl (C=O) groups excluding carboxylic acids is 1. The van der Waals surface area contributed by atoms with Crippen molar-refractivity contribution < 1.29 is 14.3 Å². The molecule has 0 aliphatic carbocycles. The molecule has 4 nitrogen and oxygen atoms in total. The summed E-state index contributed by atoms with van der Waals surface area (Å²) in [6, 6.07) is 14.2. The van der Waals surface area contributed by atoms with Crippen molar-refractivity contribution in [2.24, 2.45) is 5.92 Å². The maximum absolute atomic E-state index is 12.0. The predicted octanol–water partition coefficient (Wildman–Crippen LogP) is 4.81. The van der Waals surface area contributed by atoms with E-state index in [2.05, 4.69) is 49.1 Å². The molecule has 5 rings (SSSR count). The molecule has 0 aromatic heterocycles. The number of rotatable bonds is 1. The third-order valence-corrected chi connectivity index (χ3v) is 7.08. The Balaban J connectivity index is 1.65. The van der Waals surface area contributed by atoms with Crippen molar-refractivity contribution in [2.75, 3.05) is 18.6 Å². The molecular weight excluding hydrogens is 358 g/mol. The Bertz CT molecular complexity index is 981. The first-order chi connectivity index (χ1) is 13.0. The fraction of sp³-hybridized carbons (Fsp3) is 0.318. The fourth-order valence-corrected chi connectivity index (χ4v) is 5.84. The molecule has 2 atom stereocenters. The number of hydrogen-bond donors (Lipinski definition) is 0. The van der Waals surface area contributed by atoms with Gasteiger partial charge in [0.1, 0.15) is 5.75 Å². The molecule has 3 aliphatic heterocycles. The van der Waals surface area contributed by atoms with Gasteiger partial charge in [-0.3, -0.25) is 0 Å². The highest BCUT2D eigenvalue weighted by atomic mass is 32.2. The molecule has 0 spiro atoms. The Morgan fingerprint density at radius 1 is 1.26 bits per heavy atom. The van der Waals surface area contributed by atoms with Gasteiger partial charge >= 0.3 is 5.97 Å². The van der Waals surface area contributed by atoms with Gasteiger partial charge in [-0.05, 0) is 50.3 Å². The molecule has 0 bridgehead atoms. The van der Waals surface area contributed by atoms with E-state index in [0.29, 0.717) is 12.2 Å². The maximum Gasteiger partial charge on any atom is 0.337 e. The zero-order valence-electron chi connectivity index (χ0n) is 15.6. The van der Waals surface area contributed by atoms with E-state index < -0.39 is 0 Å². The number of ether oxygens (including phenoxy) is 2. The largest absolute Gasteiger partial charge is 0.493 e. The lowest BCUT2D eigenvalue weighted by atomic mass is 9.70. The first-order valence-electron chi connectivity index (χ1n) is 9.14. The van der Waals surface area contributed by atoms with Crippen molar-refractivity contribution in [2.45, 2.75) is 30.2 Å². The summed E-state index contributed by atoms with van der Waals surface area (Å²) < 4.78 is 11.0. The Kier molecular flexibility index (Phi) is 3.60. The highest BCUT2D eigenvalue weighted by Gasteiger charge is 2.50. The van der Waals surface area contributed by atoms with Crippen molar-refractivity contribution in [3.63, 3.8) is 0 Å². The standard InChI is InChI=1S/C22H21NO3S/c1-22(2)16-12-26-18-9-8-13(21(24)25-3)10-15(18)14(16)11-20-23(22)17-6-4-5-7-19(17)27-20/h4-11,14,16H,12H2,1-3H3/t14-,16-/m0/s1. The molecule has 0 saturated heterocycles. The van der Waals surface area contributed by atoms with Gasteiger partial charge in [-0.2, -0.15) is 0 Å². The van der Waals surface area contributed by atoms with Gasteiger partial charge in [0, 0.05) is 27.8 Å². The molecule has 138 valence electrons. The second kappa shape index (κ2) is 5.80. The second-order valence-electron chi connectivity index (χ2n) is 7.75. The minimum Gasteiger partial charge on any atom is -0.493 e. The average molecular weight is 379 g/mol. The molecule has 0 radical (unpaired) electrons. The van der Waals surface area contributed by atoms with Crippen LogP contribution in [0.5, 0.6) is 5.75 Å². The van der Waals surface area contributed by atoms with Crippen molar-refractivity contribution >= 4 is 23.4 Å².